The van der Waals surface area contributed by atoms with Crippen LogP contribution in [-0.4, -0.2) is 41.7 Å². The second kappa shape index (κ2) is 7.17. The maximum atomic E-state index is 15.4. The number of hydrogen-bond acceptors (Lipinski definition) is 3. The monoisotopic (exact) mass is 381 g/mol. The molecule has 2 aliphatic rings. The van der Waals surface area contributed by atoms with E-state index in [1.165, 1.54) is 24.3 Å². The van der Waals surface area contributed by atoms with Crippen molar-refractivity contribution >= 4 is 29.0 Å². The second-order valence-electron chi connectivity index (χ2n) is 6.31. The number of halogens is 3. The lowest BCUT2D eigenvalue weighted by molar-refractivity contribution is -0.123. The molecule has 3 rings (SSSR count). The van der Waals surface area contributed by atoms with Gasteiger partial charge in [-0.3, -0.25) is 9.59 Å². The minimum absolute atomic E-state index is 0.0349. The molecule has 1 aromatic carbocycles. The van der Waals surface area contributed by atoms with E-state index in [2.05, 4.69) is 10.6 Å². The van der Waals surface area contributed by atoms with Gasteiger partial charge in [0.15, 0.2) is 0 Å². The van der Waals surface area contributed by atoms with Gasteiger partial charge in [-0.1, -0.05) is 42.0 Å². The Morgan fingerprint density at radius 2 is 2.15 bits per heavy atom. The summed E-state index contributed by atoms with van der Waals surface area (Å²) in [5, 5.41) is 2.82. The molecule has 1 fully saturated rings. The van der Waals surface area contributed by atoms with Gasteiger partial charge in [0.25, 0.3) is 0 Å². The highest BCUT2D eigenvalue weighted by atomic mass is 35.5. The molecule has 4 N–H and O–H groups in total. The van der Waals surface area contributed by atoms with E-state index in [0.717, 1.165) is 0 Å². The molecule has 138 valence electrons. The highest BCUT2D eigenvalue weighted by Crippen LogP contribution is 2.40. The molecule has 26 heavy (non-hydrogen) atoms. The van der Waals surface area contributed by atoms with Crippen LogP contribution in [0, 0.1) is 0 Å². The zero-order chi connectivity index (χ0) is 18.9. The Hall–Kier alpha value is -2.25. The van der Waals surface area contributed by atoms with E-state index in [9.17, 15) is 14.0 Å². The Labute approximate surface area is 154 Å². The predicted molar refractivity (Wildman–Crippen MR) is 95.0 cm³/mol. The quantitative estimate of drug-likeness (QED) is 0.696. The van der Waals surface area contributed by atoms with Crippen molar-refractivity contribution in [3.63, 3.8) is 0 Å². The van der Waals surface area contributed by atoms with Crippen molar-refractivity contribution in [3.8, 4) is 0 Å². The molecule has 0 spiro atoms. The van der Waals surface area contributed by atoms with E-state index in [-0.39, 0.29) is 24.1 Å². The summed E-state index contributed by atoms with van der Waals surface area (Å²) in [5.41, 5.74) is 5.95. The Bertz CT molecular complexity index is 794. The van der Waals surface area contributed by atoms with E-state index >= 15 is 4.39 Å². The molecule has 0 saturated carbocycles. The molecule has 2 unspecified atom stereocenters. The van der Waals surface area contributed by atoms with Gasteiger partial charge in [-0.2, -0.15) is 0 Å². The lowest BCUT2D eigenvalue weighted by Gasteiger charge is -2.32. The van der Waals surface area contributed by atoms with Gasteiger partial charge >= 0.3 is 0 Å². The summed E-state index contributed by atoms with van der Waals surface area (Å²) in [6.45, 7) is 0.0886. The number of amides is 2. The van der Waals surface area contributed by atoms with E-state index in [4.69, 9.17) is 17.3 Å². The molecular formula is C18H18ClF2N3O2. The van der Waals surface area contributed by atoms with Gasteiger partial charge in [0.1, 0.15) is 12.2 Å². The van der Waals surface area contributed by atoms with Gasteiger partial charge in [-0.25, -0.2) is 8.78 Å². The van der Waals surface area contributed by atoms with E-state index < -0.39 is 35.2 Å². The topological polar surface area (TPSA) is 84.2 Å². The number of nitrogens with one attached hydrogen (secondary N) is 2. The van der Waals surface area contributed by atoms with Crippen LogP contribution in [0.3, 0.4) is 0 Å². The molecule has 8 heteroatoms. The second-order valence-corrected chi connectivity index (χ2v) is 6.86. The zero-order valence-corrected chi connectivity index (χ0v) is 14.5. The maximum Gasteiger partial charge on any atom is 0.248 e. The van der Waals surface area contributed by atoms with Crippen molar-refractivity contribution in [2.24, 2.45) is 5.73 Å². The smallest absolute Gasteiger partial charge is 0.248 e. The van der Waals surface area contributed by atoms with Gasteiger partial charge in [-0.05, 0) is 17.7 Å². The van der Waals surface area contributed by atoms with E-state index in [1.54, 1.807) is 18.2 Å². The normalized spacial score (nSPS) is 30.7. The first kappa shape index (κ1) is 18.5. The van der Waals surface area contributed by atoms with Crippen LogP contribution in [-0.2, 0) is 4.79 Å². The number of rotatable bonds is 4. The number of primary amides is 1. The molecule has 1 aliphatic carbocycles. The summed E-state index contributed by atoms with van der Waals surface area (Å²) < 4.78 is 28.6. The number of carbonyl (C=O) groups is 2. The molecule has 0 aromatic heterocycles. The first-order valence-corrected chi connectivity index (χ1v) is 8.51. The van der Waals surface area contributed by atoms with Crippen molar-refractivity contribution in [1.82, 2.24) is 10.6 Å². The molecule has 1 aromatic rings. The molecule has 4 atom stereocenters. The van der Waals surface area contributed by atoms with Crippen LogP contribution in [0.15, 0.2) is 42.5 Å². The Kier molecular flexibility index (Phi) is 5.11. The summed E-state index contributed by atoms with van der Waals surface area (Å²) in [6.07, 6.45) is 3.39. The third-order valence-corrected chi connectivity index (χ3v) is 4.90. The van der Waals surface area contributed by atoms with Crippen molar-refractivity contribution in [2.45, 2.75) is 29.8 Å². The Morgan fingerprint density at radius 1 is 1.38 bits per heavy atom. The van der Waals surface area contributed by atoms with Gasteiger partial charge in [0, 0.05) is 24.1 Å². The molecule has 2 amide bonds. The number of hydrogen-bond donors (Lipinski definition) is 3. The molecule has 1 saturated heterocycles. The lowest BCUT2D eigenvalue weighted by atomic mass is 9.90. The van der Waals surface area contributed by atoms with Gasteiger partial charge < -0.3 is 16.4 Å². The van der Waals surface area contributed by atoms with Crippen molar-refractivity contribution in [3.05, 3.63) is 53.6 Å². The fraction of sp³-hybridized carbons (Fsp3) is 0.333. The maximum absolute atomic E-state index is 15.4. The summed E-state index contributed by atoms with van der Waals surface area (Å²) >= 11 is 6.14. The predicted octanol–water partition coefficient (Wildman–Crippen LogP) is 1.83. The van der Waals surface area contributed by atoms with Crippen molar-refractivity contribution in [2.75, 3.05) is 6.54 Å². The number of nitrogens with two attached hydrogens (primary N) is 1. The van der Waals surface area contributed by atoms with Gasteiger partial charge in [0.05, 0.1) is 6.04 Å². The lowest BCUT2D eigenvalue weighted by Crippen LogP contribution is -2.52. The fourth-order valence-corrected chi connectivity index (χ4v) is 3.38. The van der Waals surface area contributed by atoms with E-state index in [0.29, 0.717) is 5.56 Å². The number of benzene rings is 1. The van der Waals surface area contributed by atoms with Crippen LogP contribution in [0.5, 0.6) is 0 Å². The third-order valence-electron chi connectivity index (χ3n) is 4.47. The minimum Gasteiger partial charge on any atom is -0.366 e. The standard InChI is InChI=1S/C18H18ClF2N3O2/c19-18(21)13(10-3-1-4-11(7-10)16(22)25)5-2-6-15(18)24-17(26)14-8-12(20)9-23-14/h1-7,12,14-15,23H,8-9H2,(H2,22,25)(H,24,26)/t12-,14+,15?,18?/m1/s1. The van der Waals surface area contributed by atoms with Crippen molar-refractivity contribution in [1.29, 1.82) is 0 Å². The Morgan fingerprint density at radius 3 is 2.81 bits per heavy atom. The first-order valence-electron chi connectivity index (χ1n) is 8.14. The number of carbonyl (C=O) groups excluding carboxylic acids is 2. The summed E-state index contributed by atoms with van der Waals surface area (Å²) in [4.78, 5) is 23.6. The number of allylic oxidation sites excluding steroid dienone is 2. The van der Waals surface area contributed by atoms with Crippen LogP contribution in [0.4, 0.5) is 8.78 Å². The molecule has 0 bridgehead atoms. The number of alkyl halides is 3. The summed E-state index contributed by atoms with van der Waals surface area (Å²) in [5.74, 6) is -1.16. The third kappa shape index (κ3) is 3.64. The average molecular weight is 382 g/mol. The molecule has 0 radical (unpaired) electrons. The molecular weight excluding hydrogens is 364 g/mol. The fourth-order valence-electron chi connectivity index (χ4n) is 3.08. The van der Waals surface area contributed by atoms with Crippen LogP contribution in [0.1, 0.15) is 22.3 Å². The SMILES string of the molecule is NC(=O)c1cccc(C2=CC=CC(NC(=O)[C@@H]3C[C@@H](F)CN3)C2(F)Cl)c1. The molecule has 1 heterocycles. The van der Waals surface area contributed by atoms with E-state index in [1.807, 2.05) is 0 Å². The molecule has 1 aliphatic heterocycles. The van der Waals surface area contributed by atoms with Crippen LogP contribution in [0.2, 0.25) is 0 Å². The highest BCUT2D eigenvalue weighted by Gasteiger charge is 2.43. The Balaban J connectivity index is 1.80. The average Bonchev–Trinajstić information content (AvgIpc) is 3.03. The largest absolute Gasteiger partial charge is 0.366 e. The van der Waals surface area contributed by atoms with Gasteiger partial charge in [-0.15, -0.1) is 0 Å². The summed E-state index contributed by atoms with van der Waals surface area (Å²) in [6, 6.07) is 4.25. The van der Waals surface area contributed by atoms with Crippen molar-refractivity contribution < 1.29 is 18.4 Å². The summed E-state index contributed by atoms with van der Waals surface area (Å²) in [7, 11) is 0. The van der Waals surface area contributed by atoms with Crippen LogP contribution >= 0.6 is 11.6 Å². The highest BCUT2D eigenvalue weighted by molar-refractivity contribution is 6.30. The minimum atomic E-state index is -2.44. The molecule has 5 nitrogen and oxygen atoms in total. The van der Waals surface area contributed by atoms with Crippen LogP contribution in [0.25, 0.3) is 5.57 Å². The first-order chi connectivity index (χ1) is 12.3. The van der Waals surface area contributed by atoms with Gasteiger partial charge in [0.2, 0.25) is 16.9 Å². The zero-order valence-electron chi connectivity index (χ0n) is 13.7. The van der Waals surface area contributed by atoms with Crippen LogP contribution < -0.4 is 16.4 Å².